The summed E-state index contributed by atoms with van der Waals surface area (Å²) in [7, 11) is 0. The number of fused-ring (bicyclic) bond motifs is 1. The first kappa shape index (κ1) is 19.4. The number of anilines is 1. The predicted molar refractivity (Wildman–Crippen MR) is 116 cm³/mol. The van der Waals surface area contributed by atoms with Crippen molar-refractivity contribution in [2.24, 2.45) is 5.73 Å². The summed E-state index contributed by atoms with van der Waals surface area (Å²) >= 11 is 0. The zero-order valence-electron chi connectivity index (χ0n) is 16.4. The highest BCUT2D eigenvalue weighted by Gasteiger charge is 2.21. The fraction of sp³-hybridized carbons (Fsp3) is 0.174. The van der Waals surface area contributed by atoms with Crippen molar-refractivity contribution >= 4 is 28.9 Å². The number of aldehydes is 1. The first-order chi connectivity index (χ1) is 14.6. The van der Waals surface area contributed by atoms with Gasteiger partial charge in [0.05, 0.1) is 0 Å². The number of primary amides is 1. The van der Waals surface area contributed by atoms with E-state index in [4.69, 9.17) is 5.73 Å². The third-order valence-electron chi connectivity index (χ3n) is 5.17. The highest BCUT2D eigenvalue weighted by molar-refractivity contribution is 5.91. The van der Waals surface area contributed by atoms with Crippen molar-refractivity contribution in [3.05, 3.63) is 83.4 Å². The van der Waals surface area contributed by atoms with Crippen LogP contribution in [0.2, 0.25) is 0 Å². The first-order valence-electron chi connectivity index (χ1n) is 9.82. The number of rotatable bonds is 9. The summed E-state index contributed by atoms with van der Waals surface area (Å²) in [5.74, 6) is 0.526. The summed E-state index contributed by atoms with van der Waals surface area (Å²) in [5, 5.41) is 4.40. The van der Waals surface area contributed by atoms with Crippen molar-refractivity contribution in [3.63, 3.8) is 0 Å². The Kier molecular flexibility index (Phi) is 5.61. The third kappa shape index (κ3) is 4.25. The number of aromatic amines is 2. The van der Waals surface area contributed by atoms with Crippen molar-refractivity contribution < 1.29 is 9.59 Å². The van der Waals surface area contributed by atoms with Gasteiger partial charge in [-0.15, -0.1) is 0 Å². The Labute approximate surface area is 173 Å². The summed E-state index contributed by atoms with van der Waals surface area (Å²) in [6.45, 7) is 0. The van der Waals surface area contributed by atoms with Gasteiger partial charge in [0.25, 0.3) is 0 Å². The van der Waals surface area contributed by atoms with E-state index in [-0.39, 0.29) is 5.82 Å². The van der Waals surface area contributed by atoms with Gasteiger partial charge < -0.3 is 21.0 Å². The molecule has 7 heteroatoms. The van der Waals surface area contributed by atoms with Crippen LogP contribution in [0.5, 0.6) is 0 Å². The average Bonchev–Trinajstić information content (AvgIpc) is 3.36. The number of para-hydroxylation sites is 1. The molecule has 0 spiro atoms. The highest BCUT2D eigenvalue weighted by Crippen LogP contribution is 2.28. The van der Waals surface area contributed by atoms with Gasteiger partial charge in [-0.25, -0.2) is 4.98 Å². The van der Waals surface area contributed by atoms with Gasteiger partial charge in [-0.2, -0.15) is 0 Å². The molecule has 0 saturated heterocycles. The summed E-state index contributed by atoms with van der Waals surface area (Å²) in [6, 6.07) is 17.7. The second-order valence-electron chi connectivity index (χ2n) is 7.22. The number of carbonyl (C=O) groups is 2. The smallest absolute Gasteiger partial charge is 0.240 e. The number of imidazole rings is 1. The topological polar surface area (TPSA) is 117 Å². The fourth-order valence-electron chi connectivity index (χ4n) is 3.65. The molecular weight excluding hydrogens is 378 g/mol. The van der Waals surface area contributed by atoms with E-state index in [2.05, 4.69) is 38.5 Å². The van der Waals surface area contributed by atoms with E-state index in [0.717, 1.165) is 35.1 Å². The van der Waals surface area contributed by atoms with E-state index in [1.54, 1.807) is 6.20 Å². The molecule has 2 heterocycles. The zero-order chi connectivity index (χ0) is 20.9. The zero-order valence-corrected chi connectivity index (χ0v) is 16.4. The molecule has 4 aromatic rings. The molecule has 5 N–H and O–H groups in total. The van der Waals surface area contributed by atoms with Gasteiger partial charge in [0, 0.05) is 34.8 Å². The number of nitrogens with two attached hydrogens (primary N) is 1. The Bertz CT molecular complexity index is 1160. The molecule has 0 saturated carbocycles. The van der Waals surface area contributed by atoms with Crippen molar-refractivity contribution in [1.82, 2.24) is 15.0 Å². The van der Waals surface area contributed by atoms with Crippen molar-refractivity contribution in [3.8, 4) is 0 Å². The molecule has 1 atom stereocenters. The summed E-state index contributed by atoms with van der Waals surface area (Å²) in [4.78, 5) is 33.2. The predicted octanol–water partition coefficient (Wildman–Crippen LogP) is 3.00. The Hall–Kier alpha value is -3.87. The third-order valence-corrected chi connectivity index (χ3v) is 5.17. The molecule has 0 radical (unpaired) electrons. The second kappa shape index (κ2) is 8.65. The summed E-state index contributed by atoms with van der Waals surface area (Å²) in [6.07, 6.45) is 4.16. The molecule has 2 aromatic heterocycles. The van der Waals surface area contributed by atoms with Crippen LogP contribution in [0.25, 0.3) is 10.9 Å². The minimum Gasteiger partial charge on any atom is -0.368 e. The molecular formula is C23H23N5O2. The van der Waals surface area contributed by atoms with E-state index < -0.39 is 11.9 Å². The largest absolute Gasteiger partial charge is 0.368 e. The van der Waals surface area contributed by atoms with Gasteiger partial charge in [-0.1, -0.05) is 48.5 Å². The lowest BCUT2D eigenvalue weighted by molar-refractivity contribution is -0.118. The van der Waals surface area contributed by atoms with Crippen LogP contribution in [0.15, 0.2) is 60.8 Å². The molecule has 0 unspecified atom stereocenters. The standard InChI is InChI=1S/C23H23N5O2/c24-22(30)20(12-16-13-25-21(14-29)26-16)28-23-18(11-10-15-6-2-1-3-7-15)17-8-4-5-9-19(17)27-23/h1-9,13-14,20,27-28H,10-12H2,(H2,24,30)(H,25,26)/t20-/m0/s1. The number of benzene rings is 2. The van der Waals surface area contributed by atoms with E-state index in [1.807, 2.05) is 36.4 Å². The maximum absolute atomic E-state index is 12.1. The number of aryl methyl sites for hydroxylation is 2. The fourth-order valence-corrected chi connectivity index (χ4v) is 3.65. The number of aromatic nitrogens is 3. The van der Waals surface area contributed by atoms with Crippen molar-refractivity contribution in [2.45, 2.75) is 25.3 Å². The van der Waals surface area contributed by atoms with Gasteiger partial charge in [0.1, 0.15) is 11.9 Å². The second-order valence-corrected chi connectivity index (χ2v) is 7.22. The van der Waals surface area contributed by atoms with E-state index in [9.17, 15) is 9.59 Å². The van der Waals surface area contributed by atoms with Gasteiger partial charge >= 0.3 is 0 Å². The van der Waals surface area contributed by atoms with E-state index >= 15 is 0 Å². The molecule has 0 aliphatic rings. The quantitative estimate of drug-likeness (QED) is 0.323. The molecule has 1 amide bonds. The number of nitrogens with one attached hydrogen (secondary N) is 3. The number of hydrogen-bond acceptors (Lipinski definition) is 4. The molecule has 0 bridgehead atoms. The lowest BCUT2D eigenvalue weighted by Gasteiger charge is -2.16. The Morgan fingerprint density at radius 2 is 1.83 bits per heavy atom. The minimum absolute atomic E-state index is 0.224. The van der Waals surface area contributed by atoms with Crippen LogP contribution in [0.3, 0.4) is 0 Å². The lowest BCUT2D eigenvalue weighted by atomic mass is 10.0. The molecule has 0 aliphatic heterocycles. The van der Waals surface area contributed by atoms with E-state index in [0.29, 0.717) is 18.4 Å². The van der Waals surface area contributed by atoms with Crippen LogP contribution in [-0.4, -0.2) is 33.2 Å². The molecule has 7 nitrogen and oxygen atoms in total. The first-order valence-corrected chi connectivity index (χ1v) is 9.82. The number of nitrogens with zero attached hydrogens (tertiary/aromatic N) is 1. The van der Waals surface area contributed by atoms with Crippen LogP contribution in [0.4, 0.5) is 5.82 Å². The van der Waals surface area contributed by atoms with Gasteiger partial charge in [-0.05, 0) is 24.5 Å². The van der Waals surface area contributed by atoms with Gasteiger partial charge in [0.2, 0.25) is 5.91 Å². The average molecular weight is 401 g/mol. The summed E-state index contributed by atoms with van der Waals surface area (Å²) < 4.78 is 0. The Morgan fingerprint density at radius 1 is 1.07 bits per heavy atom. The molecule has 152 valence electrons. The maximum Gasteiger partial charge on any atom is 0.240 e. The number of hydrogen-bond donors (Lipinski definition) is 4. The molecule has 30 heavy (non-hydrogen) atoms. The van der Waals surface area contributed by atoms with Crippen LogP contribution in [-0.2, 0) is 24.1 Å². The minimum atomic E-state index is -0.659. The number of amides is 1. The lowest BCUT2D eigenvalue weighted by Crippen LogP contribution is -2.37. The normalized spacial score (nSPS) is 12.0. The Morgan fingerprint density at radius 3 is 2.57 bits per heavy atom. The van der Waals surface area contributed by atoms with Crippen LogP contribution < -0.4 is 11.1 Å². The molecule has 0 fully saturated rings. The van der Waals surface area contributed by atoms with Gasteiger partial charge in [-0.3, -0.25) is 9.59 Å². The highest BCUT2D eigenvalue weighted by atomic mass is 16.1. The monoisotopic (exact) mass is 401 g/mol. The SMILES string of the molecule is NC(=O)[C@H](Cc1cnc(C=O)[nH]1)Nc1[nH]c2ccccc2c1CCc1ccccc1. The summed E-state index contributed by atoms with van der Waals surface area (Å²) in [5.41, 5.74) is 9.68. The van der Waals surface area contributed by atoms with Gasteiger partial charge in [0.15, 0.2) is 12.1 Å². The Balaban J connectivity index is 1.61. The number of carbonyl (C=O) groups excluding carboxylic acids is 2. The van der Waals surface area contributed by atoms with E-state index in [1.165, 1.54) is 5.56 Å². The molecule has 4 rings (SSSR count). The number of H-pyrrole nitrogens is 2. The van der Waals surface area contributed by atoms with Crippen molar-refractivity contribution in [2.75, 3.05) is 5.32 Å². The van der Waals surface area contributed by atoms with Crippen LogP contribution in [0.1, 0.15) is 27.4 Å². The van der Waals surface area contributed by atoms with Crippen LogP contribution in [0, 0.1) is 0 Å². The maximum atomic E-state index is 12.1. The molecule has 2 aromatic carbocycles. The van der Waals surface area contributed by atoms with Crippen LogP contribution >= 0.6 is 0 Å². The van der Waals surface area contributed by atoms with Crippen molar-refractivity contribution in [1.29, 1.82) is 0 Å². The molecule has 0 aliphatic carbocycles.